The van der Waals surface area contributed by atoms with Gasteiger partial charge in [-0.3, -0.25) is 10.1 Å². The molecule has 1 aromatic carbocycles. The van der Waals surface area contributed by atoms with E-state index in [-0.39, 0.29) is 6.04 Å². The number of H-pyrrole nitrogens is 1. The van der Waals surface area contributed by atoms with Gasteiger partial charge in [-0.1, -0.05) is 25.1 Å². The van der Waals surface area contributed by atoms with Crippen molar-refractivity contribution in [2.75, 3.05) is 6.61 Å². The fourth-order valence-corrected chi connectivity index (χ4v) is 3.31. The molecule has 0 radical (unpaired) electrons. The van der Waals surface area contributed by atoms with Gasteiger partial charge in [0.25, 0.3) is 0 Å². The van der Waals surface area contributed by atoms with Crippen LogP contribution in [0, 0.1) is 0 Å². The van der Waals surface area contributed by atoms with E-state index in [9.17, 15) is 0 Å². The Balaban J connectivity index is 1.34. The van der Waals surface area contributed by atoms with Crippen molar-refractivity contribution >= 4 is 0 Å². The van der Waals surface area contributed by atoms with Crippen LogP contribution in [0.25, 0.3) is 0 Å². The average molecular weight is 387 g/mol. The zero-order valence-corrected chi connectivity index (χ0v) is 16.5. The van der Waals surface area contributed by atoms with E-state index in [1.165, 1.54) is 11.1 Å². The Kier molecular flexibility index (Phi) is 6.00. The maximum Gasteiger partial charge on any atom is 0.147 e. The van der Waals surface area contributed by atoms with Crippen molar-refractivity contribution < 1.29 is 4.74 Å². The van der Waals surface area contributed by atoms with Gasteiger partial charge in [0, 0.05) is 37.1 Å². The lowest BCUT2D eigenvalue weighted by molar-refractivity contribution is 0.320. The van der Waals surface area contributed by atoms with E-state index in [2.05, 4.69) is 55.9 Å². The van der Waals surface area contributed by atoms with Gasteiger partial charge in [-0.05, 0) is 47.9 Å². The lowest BCUT2D eigenvalue weighted by Crippen LogP contribution is -2.13. The van der Waals surface area contributed by atoms with Crippen molar-refractivity contribution in [3.63, 3.8) is 0 Å². The van der Waals surface area contributed by atoms with Crippen LogP contribution < -0.4 is 4.74 Å². The Hall–Kier alpha value is -3.41. The van der Waals surface area contributed by atoms with E-state index in [1.807, 2.05) is 42.9 Å². The van der Waals surface area contributed by atoms with Gasteiger partial charge < -0.3 is 9.30 Å². The quantitative estimate of drug-likeness (QED) is 0.471. The first kappa shape index (κ1) is 18.9. The van der Waals surface area contributed by atoms with Gasteiger partial charge >= 0.3 is 0 Å². The second-order valence-corrected chi connectivity index (χ2v) is 6.97. The summed E-state index contributed by atoms with van der Waals surface area (Å²) in [6.45, 7) is 2.75. The third-order valence-electron chi connectivity index (χ3n) is 5.01. The van der Waals surface area contributed by atoms with Gasteiger partial charge in [-0.15, -0.1) is 0 Å². The first-order valence-corrected chi connectivity index (χ1v) is 9.95. The molecular weight excluding hydrogens is 362 g/mol. The number of hydrogen-bond acceptors (Lipinski definition) is 4. The monoisotopic (exact) mass is 387 g/mol. The number of nitrogens with zero attached hydrogens (tertiary/aromatic N) is 4. The van der Waals surface area contributed by atoms with Crippen LogP contribution in [-0.2, 0) is 19.3 Å². The SMILES string of the molecule is CCc1ccc(CCOc2ccc(C[C@@H](c3ncn[nH]3)n3cccc3)cc2)nc1. The highest BCUT2D eigenvalue weighted by molar-refractivity contribution is 5.28. The maximum atomic E-state index is 5.90. The van der Waals surface area contributed by atoms with Crippen LogP contribution in [0.3, 0.4) is 0 Å². The molecule has 3 heterocycles. The summed E-state index contributed by atoms with van der Waals surface area (Å²) in [6, 6.07) is 16.6. The van der Waals surface area contributed by atoms with Crippen LogP contribution in [0.4, 0.5) is 0 Å². The third-order valence-corrected chi connectivity index (χ3v) is 5.01. The Labute approximate surface area is 170 Å². The number of hydrogen-bond donors (Lipinski definition) is 1. The number of pyridine rings is 1. The van der Waals surface area contributed by atoms with Crippen LogP contribution in [0.15, 0.2) is 73.4 Å². The predicted molar refractivity (Wildman–Crippen MR) is 112 cm³/mol. The van der Waals surface area contributed by atoms with Crippen LogP contribution in [0.1, 0.15) is 35.6 Å². The van der Waals surface area contributed by atoms with Gasteiger partial charge in [0.15, 0.2) is 0 Å². The smallest absolute Gasteiger partial charge is 0.147 e. The second-order valence-electron chi connectivity index (χ2n) is 6.97. The van der Waals surface area contributed by atoms with E-state index >= 15 is 0 Å². The molecule has 6 nitrogen and oxygen atoms in total. The molecule has 0 bridgehead atoms. The number of nitrogens with one attached hydrogen (secondary N) is 1. The second kappa shape index (κ2) is 9.19. The summed E-state index contributed by atoms with van der Waals surface area (Å²) in [4.78, 5) is 8.83. The number of rotatable bonds is 9. The van der Waals surface area contributed by atoms with Gasteiger partial charge in [-0.2, -0.15) is 5.10 Å². The summed E-state index contributed by atoms with van der Waals surface area (Å²) < 4.78 is 8.04. The molecule has 1 N–H and O–H groups in total. The Bertz CT molecular complexity index is 943. The molecule has 29 heavy (non-hydrogen) atoms. The Morgan fingerprint density at radius 1 is 1.00 bits per heavy atom. The summed E-state index contributed by atoms with van der Waals surface area (Å²) in [5, 5.41) is 7.00. The molecule has 0 amide bonds. The minimum Gasteiger partial charge on any atom is -0.493 e. The van der Waals surface area contributed by atoms with Crippen LogP contribution in [0.2, 0.25) is 0 Å². The summed E-state index contributed by atoms with van der Waals surface area (Å²) in [5.74, 6) is 1.72. The van der Waals surface area contributed by atoms with Crippen LogP contribution in [-0.4, -0.2) is 31.3 Å². The van der Waals surface area contributed by atoms with Crippen molar-refractivity contribution in [1.82, 2.24) is 24.7 Å². The standard InChI is InChI=1S/C23H25N5O/c1-2-18-5-8-20(24-16-18)11-14-29-21-9-6-19(7-10-21)15-22(23-25-17-26-27-23)28-12-3-4-13-28/h3-10,12-13,16-17,22H,2,11,14-15H2,1H3,(H,25,26,27)/t22-/m0/s1. The molecular formula is C23H25N5O. The summed E-state index contributed by atoms with van der Waals surface area (Å²) >= 11 is 0. The predicted octanol–water partition coefficient (Wildman–Crippen LogP) is 4.02. The van der Waals surface area contributed by atoms with E-state index in [0.717, 1.165) is 36.5 Å². The first-order chi connectivity index (χ1) is 14.3. The number of aryl methyl sites for hydroxylation is 1. The zero-order chi connectivity index (χ0) is 19.9. The topological polar surface area (TPSA) is 68.6 Å². The molecule has 1 atom stereocenters. The highest BCUT2D eigenvalue weighted by Crippen LogP contribution is 2.22. The highest BCUT2D eigenvalue weighted by Gasteiger charge is 2.16. The average Bonchev–Trinajstić information content (AvgIpc) is 3.48. The zero-order valence-electron chi connectivity index (χ0n) is 16.5. The fraction of sp³-hybridized carbons (Fsp3) is 0.261. The molecule has 0 aliphatic carbocycles. The molecule has 0 saturated heterocycles. The Morgan fingerprint density at radius 3 is 2.45 bits per heavy atom. The van der Waals surface area contributed by atoms with Crippen molar-refractivity contribution in [1.29, 1.82) is 0 Å². The third kappa shape index (κ3) is 4.90. The fourth-order valence-electron chi connectivity index (χ4n) is 3.31. The first-order valence-electron chi connectivity index (χ1n) is 9.95. The maximum absolute atomic E-state index is 5.90. The molecule has 0 unspecified atom stereocenters. The molecule has 4 rings (SSSR count). The largest absolute Gasteiger partial charge is 0.493 e. The van der Waals surface area contributed by atoms with Gasteiger partial charge in [0.2, 0.25) is 0 Å². The lowest BCUT2D eigenvalue weighted by Gasteiger charge is -2.17. The summed E-state index contributed by atoms with van der Waals surface area (Å²) in [5.41, 5.74) is 3.53. The molecule has 148 valence electrons. The molecule has 4 aromatic rings. The van der Waals surface area contributed by atoms with E-state index in [0.29, 0.717) is 6.61 Å². The van der Waals surface area contributed by atoms with E-state index < -0.39 is 0 Å². The van der Waals surface area contributed by atoms with Crippen LogP contribution in [0.5, 0.6) is 5.75 Å². The highest BCUT2D eigenvalue weighted by atomic mass is 16.5. The van der Waals surface area contributed by atoms with Crippen molar-refractivity contribution in [2.24, 2.45) is 0 Å². The number of aromatic amines is 1. The summed E-state index contributed by atoms with van der Waals surface area (Å²) in [7, 11) is 0. The van der Waals surface area contributed by atoms with E-state index in [4.69, 9.17) is 4.74 Å². The minimum atomic E-state index is 0.0800. The molecule has 0 fully saturated rings. The molecule has 0 saturated carbocycles. The molecule has 0 spiro atoms. The molecule has 3 aromatic heterocycles. The minimum absolute atomic E-state index is 0.0800. The molecule has 0 aliphatic heterocycles. The molecule has 0 aliphatic rings. The van der Waals surface area contributed by atoms with Gasteiger partial charge in [0.1, 0.15) is 17.9 Å². The van der Waals surface area contributed by atoms with Crippen molar-refractivity contribution in [2.45, 2.75) is 32.2 Å². The summed E-state index contributed by atoms with van der Waals surface area (Å²) in [6.07, 6.45) is 10.2. The van der Waals surface area contributed by atoms with Crippen molar-refractivity contribution in [3.8, 4) is 5.75 Å². The van der Waals surface area contributed by atoms with Crippen LogP contribution >= 0.6 is 0 Å². The van der Waals surface area contributed by atoms with Gasteiger partial charge in [-0.25, -0.2) is 4.98 Å². The van der Waals surface area contributed by atoms with E-state index in [1.54, 1.807) is 6.33 Å². The Morgan fingerprint density at radius 2 is 1.79 bits per heavy atom. The number of ether oxygens (including phenoxy) is 1. The van der Waals surface area contributed by atoms with Gasteiger partial charge in [0.05, 0.1) is 12.6 Å². The lowest BCUT2D eigenvalue weighted by atomic mass is 10.1. The molecule has 6 heteroatoms. The van der Waals surface area contributed by atoms with Crippen molar-refractivity contribution in [3.05, 3.63) is 96.1 Å². The number of benzene rings is 1. The normalized spacial score (nSPS) is 12.0. The number of aromatic nitrogens is 5.